The van der Waals surface area contributed by atoms with Crippen LogP contribution in [-0.2, 0) is 6.54 Å². The van der Waals surface area contributed by atoms with Crippen LogP contribution >= 0.6 is 0 Å². The number of benzene rings is 1. The zero-order valence-electron chi connectivity index (χ0n) is 11.2. The molecular weight excluding hydrogens is 246 g/mol. The van der Waals surface area contributed by atoms with E-state index in [0.29, 0.717) is 36.6 Å². The van der Waals surface area contributed by atoms with Gasteiger partial charge >= 0.3 is 0 Å². The molecule has 0 bridgehead atoms. The van der Waals surface area contributed by atoms with E-state index in [1.165, 1.54) is 0 Å². The lowest BCUT2D eigenvalue weighted by atomic mass is 9.98. The molecule has 1 aromatic rings. The number of hydrogen-bond acceptors (Lipinski definition) is 6. The summed E-state index contributed by atoms with van der Waals surface area (Å²) in [6, 6.07) is 3.37. The van der Waals surface area contributed by atoms with Crippen molar-refractivity contribution in [2.45, 2.75) is 19.6 Å². The highest BCUT2D eigenvalue weighted by Crippen LogP contribution is 2.30. The van der Waals surface area contributed by atoms with E-state index >= 15 is 0 Å². The first-order valence-electron chi connectivity index (χ1n) is 6.30. The maximum Gasteiger partial charge on any atom is 0.0785 e. The van der Waals surface area contributed by atoms with Crippen LogP contribution in [0.15, 0.2) is 12.1 Å². The minimum Gasteiger partial charge on any atom is -0.398 e. The largest absolute Gasteiger partial charge is 0.398 e. The second kappa shape index (κ2) is 7.30. The van der Waals surface area contributed by atoms with E-state index in [0.717, 1.165) is 5.56 Å². The number of nitrogen functional groups attached to an aromatic ring is 2. The summed E-state index contributed by atoms with van der Waals surface area (Å²) in [6.07, 6.45) is -0.719. The average molecular weight is 269 g/mol. The molecule has 1 unspecified atom stereocenters. The van der Waals surface area contributed by atoms with Crippen molar-refractivity contribution < 1.29 is 15.3 Å². The highest BCUT2D eigenvalue weighted by molar-refractivity contribution is 5.62. The van der Waals surface area contributed by atoms with Crippen molar-refractivity contribution in [1.82, 2.24) is 4.90 Å². The molecule has 0 aliphatic rings. The summed E-state index contributed by atoms with van der Waals surface area (Å²) in [7, 11) is 0. The van der Waals surface area contributed by atoms with E-state index in [1.807, 2.05) is 4.90 Å². The lowest BCUT2D eigenvalue weighted by Crippen LogP contribution is -2.30. The molecular formula is C13H23N3O3. The van der Waals surface area contributed by atoms with Crippen LogP contribution in [0.3, 0.4) is 0 Å². The van der Waals surface area contributed by atoms with Gasteiger partial charge in [-0.05, 0) is 24.6 Å². The molecule has 0 radical (unpaired) electrons. The number of nitrogens with two attached hydrogens (primary N) is 2. The van der Waals surface area contributed by atoms with Gasteiger partial charge in [0.15, 0.2) is 0 Å². The Balaban J connectivity index is 3.06. The first-order valence-corrected chi connectivity index (χ1v) is 6.30. The Labute approximate surface area is 113 Å². The summed E-state index contributed by atoms with van der Waals surface area (Å²) in [5, 5.41) is 27.9. The Kier molecular flexibility index (Phi) is 6.04. The van der Waals surface area contributed by atoms with Gasteiger partial charge in [0.05, 0.1) is 19.3 Å². The highest BCUT2D eigenvalue weighted by Gasteiger charge is 2.17. The van der Waals surface area contributed by atoms with Crippen LogP contribution in [0.25, 0.3) is 0 Å². The van der Waals surface area contributed by atoms with Crippen molar-refractivity contribution in [3.8, 4) is 0 Å². The van der Waals surface area contributed by atoms with Gasteiger partial charge in [-0.1, -0.05) is 0 Å². The molecule has 1 atom stereocenters. The number of rotatable bonds is 7. The van der Waals surface area contributed by atoms with Gasteiger partial charge in [-0.15, -0.1) is 0 Å². The molecule has 7 N–H and O–H groups in total. The minimum absolute atomic E-state index is 0.00771. The number of hydrogen-bond donors (Lipinski definition) is 5. The van der Waals surface area contributed by atoms with Gasteiger partial charge in [-0.25, -0.2) is 0 Å². The van der Waals surface area contributed by atoms with Crippen LogP contribution in [0.2, 0.25) is 0 Å². The molecule has 0 amide bonds. The fraction of sp³-hybridized carbons (Fsp3) is 0.538. The minimum atomic E-state index is -0.719. The predicted octanol–water partition coefficient (Wildman–Crippen LogP) is -0.309. The molecule has 0 heterocycles. The van der Waals surface area contributed by atoms with E-state index in [9.17, 15) is 5.11 Å². The topological polar surface area (TPSA) is 116 Å². The van der Waals surface area contributed by atoms with Crippen molar-refractivity contribution in [3.05, 3.63) is 23.3 Å². The molecule has 1 rings (SSSR count). The van der Waals surface area contributed by atoms with Gasteiger partial charge in [0.2, 0.25) is 0 Å². The summed E-state index contributed by atoms with van der Waals surface area (Å²) in [5.41, 5.74) is 14.2. The Morgan fingerprint density at radius 2 is 1.63 bits per heavy atom. The third-order valence-electron chi connectivity index (χ3n) is 3.06. The van der Waals surface area contributed by atoms with Crippen molar-refractivity contribution in [2.24, 2.45) is 0 Å². The summed E-state index contributed by atoms with van der Waals surface area (Å²) < 4.78 is 0. The fourth-order valence-electron chi connectivity index (χ4n) is 2.15. The number of anilines is 2. The average Bonchev–Trinajstić information content (AvgIpc) is 2.34. The molecule has 0 aromatic heterocycles. The van der Waals surface area contributed by atoms with E-state index in [2.05, 4.69) is 0 Å². The van der Waals surface area contributed by atoms with Gasteiger partial charge in [0.1, 0.15) is 0 Å². The van der Waals surface area contributed by atoms with Crippen LogP contribution < -0.4 is 11.5 Å². The molecule has 0 fully saturated rings. The van der Waals surface area contributed by atoms with Gasteiger partial charge in [0, 0.05) is 36.6 Å². The molecule has 19 heavy (non-hydrogen) atoms. The third kappa shape index (κ3) is 4.07. The van der Waals surface area contributed by atoms with Crippen molar-refractivity contribution in [3.63, 3.8) is 0 Å². The van der Waals surface area contributed by atoms with Crippen molar-refractivity contribution in [1.29, 1.82) is 0 Å². The lowest BCUT2D eigenvalue weighted by Gasteiger charge is -2.24. The molecule has 0 spiro atoms. The van der Waals surface area contributed by atoms with Crippen LogP contribution in [0, 0.1) is 0 Å². The quantitative estimate of drug-likeness (QED) is 0.434. The molecule has 6 heteroatoms. The van der Waals surface area contributed by atoms with Crippen molar-refractivity contribution in [2.75, 3.05) is 37.8 Å². The SMILES string of the molecule is CC(O)c1c(N)ccc(N)c1CN(CCO)CCO. The van der Waals surface area contributed by atoms with E-state index in [1.54, 1.807) is 19.1 Å². The smallest absolute Gasteiger partial charge is 0.0785 e. The molecule has 0 saturated carbocycles. The molecule has 6 nitrogen and oxygen atoms in total. The number of aliphatic hydroxyl groups excluding tert-OH is 3. The first-order chi connectivity index (χ1) is 9.01. The highest BCUT2D eigenvalue weighted by atomic mass is 16.3. The van der Waals surface area contributed by atoms with Gasteiger partial charge in [-0.3, -0.25) is 4.90 Å². The monoisotopic (exact) mass is 269 g/mol. The Bertz CT molecular complexity index is 404. The summed E-state index contributed by atoms with van der Waals surface area (Å²) in [6.45, 7) is 2.90. The zero-order valence-corrected chi connectivity index (χ0v) is 11.2. The zero-order chi connectivity index (χ0) is 14.4. The van der Waals surface area contributed by atoms with Crippen LogP contribution in [0.4, 0.5) is 11.4 Å². The number of nitrogens with zero attached hydrogens (tertiary/aromatic N) is 1. The second-order valence-corrected chi connectivity index (χ2v) is 4.54. The maximum absolute atomic E-state index is 9.83. The third-order valence-corrected chi connectivity index (χ3v) is 3.06. The summed E-state index contributed by atoms with van der Waals surface area (Å²) in [5.74, 6) is 0. The summed E-state index contributed by atoms with van der Waals surface area (Å²) >= 11 is 0. The van der Waals surface area contributed by atoms with E-state index in [4.69, 9.17) is 21.7 Å². The molecule has 1 aromatic carbocycles. The van der Waals surface area contributed by atoms with Crippen LogP contribution in [0.5, 0.6) is 0 Å². The molecule has 0 aliphatic heterocycles. The number of aliphatic hydroxyl groups is 3. The molecule has 0 saturated heterocycles. The Morgan fingerprint density at radius 1 is 1.11 bits per heavy atom. The Morgan fingerprint density at radius 3 is 2.11 bits per heavy atom. The maximum atomic E-state index is 9.83. The van der Waals surface area contributed by atoms with Gasteiger partial charge < -0.3 is 26.8 Å². The van der Waals surface area contributed by atoms with Crippen LogP contribution in [0.1, 0.15) is 24.2 Å². The fourth-order valence-corrected chi connectivity index (χ4v) is 2.15. The second-order valence-electron chi connectivity index (χ2n) is 4.54. The Hall–Kier alpha value is -1.34. The summed E-state index contributed by atoms with van der Waals surface area (Å²) in [4.78, 5) is 1.86. The lowest BCUT2D eigenvalue weighted by molar-refractivity contribution is 0.153. The van der Waals surface area contributed by atoms with Crippen LogP contribution in [-0.4, -0.2) is 46.5 Å². The van der Waals surface area contributed by atoms with E-state index < -0.39 is 6.10 Å². The van der Waals surface area contributed by atoms with Gasteiger partial charge in [-0.2, -0.15) is 0 Å². The molecule has 108 valence electrons. The molecule has 0 aliphatic carbocycles. The predicted molar refractivity (Wildman–Crippen MR) is 75.3 cm³/mol. The first kappa shape index (κ1) is 15.7. The normalized spacial score (nSPS) is 12.9. The van der Waals surface area contributed by atoms with E-state index in [-0.39, 0.29) is 13.2 Å². The van der Waals surface area contributed by atoms with Gasteiger partial charge in [0.25, 0.3) is 0 Å². The standard InChI is InChI=1S/C13H23N3O3/c1-9(19)13-10(11(14)2-3-12(13)15)8-16(4-6-17)5-7-18/h2-3,9,17-19H,4-8,14-15H2,1H3. The van der Waals surface area contributed by atoms with Crippen molar-refractivity contribution >= 4 is 11.4 Å².